The van der Waals surface area contributed by atoms with Crippen molar-refractivity contribution < 1.29 is 35.2 Å². The molecule has 4 aromatic rings. The molecule has 4 rings (SSSR count). The molecule has 2 heterocycles. The van der Waals surface area contributed by atoms with Crippen LogP contribution in [0.1, 0.15) is 18.2 Å². The molecule has 2 N–H and O–H groups in total. The van der Waals surface area contributed by atoms with E-state index in [2.05, 4.69) is 20.2 Å². The van der Waals surface area contributed by atoms with Gasteiger partial charge in [-0.1, -0.05) is 12.1 Å². The second-order valence-corrected chi connectivity index (χ2v) is 9.46. The summed E-state index contributed by atoms with van der Waals surface area (Å²) in [6, 6.07) is 9.51. The molecular formula is C23H18F4N4O4S. The van der Waals surface area contributed by atoms with Crippen molar-refractivity contribution in [2.45, 2.75) is 30.8 Å². The quantitative estimate of drug-likeness (QED) is 0.354. The number of aromatic nitrogens is 2. The number of hydrogen-bond donors (Lipinski definition) is 2. The average molecular weight is 522 g/mol. The molecule has 0 saturated heterocycles. The topological polar surface area (TPSA) is 114 Å². The van der Waals surface area contributed by atoms with Crippen LogP contribution < -0.4 is 10.0 Å². The van der Waals surface area contributed by atoms with Crippen LogP contribution in [0.5, 0.6) is 0 Å². The smallest absolute Gasteiger partial charge is 0.416 e. The van der Waals surface area contributed by atoms with Gasteiger partial charge in [-0.3, -0.25) is 4.79 Å². The first kappa shape index (κ1) is 25.3. The molecule has 13 heteroatoms. The molecule has 2 aromatic heterocycles. The molecule has 0 saturated carbocycles. The first-order valence-corrected chi connectivity index (χ1v) is 11.9. The fraction of sp³-hybridized carbons (Fsp3) is 0.174. The molecule has 0 spiro atoms. The minimum Gasteiger partial charge on any atom is -0.443 e. The van der Waals surface area contributed by atoms with Crippen molar-refractivity contribution in [3.63, 3.8) is 0 Å². The zero-order valence-corrected chi connectivity index (χ0v) is 19.3. The molecule has 0 radical (unpaired) electrons. The van der Waals surface area contributed by atoms with Gasteiger partial charge < -0.3 is 9.73 Å². The van der Waals surface area contributed by atoms with Crippen molar-refractivity contribution in [3.05, 3.63) is 77.9 Å². The molecule has 0 aliphatic heterocycles. The Balaban J connectivity index is 1.39. The lowest BCUT2D eigenvalue weighted by Gasteiger charge is -2.13. The van der Waals surface area contributed by atoms with Crippen LogP contribution in [-0.2, 0) is 27.5 Å². The summed E-state index contributed by atoms with van der Waals surface area (Å²) in [7, 11) is -4.23. The van der Waals surface area contributed by atoms with Gasteiger partial charge in [-0.2, -0.15) is 28.1 Å². The van der Waals surface area contributed by atoms with E-state index in [0.29, 0.717) is 16.8 Å². The number of nitrogens with zero attached hydrogens (tertiary/aromatic N) is 2. The predicted molar refractivity (Wildman–Crippen MR) is 120 cm³/mol. The van der Waals surface area contributed by atoms with Gasteiger partial charge in [0, 0.05) is 17.0 Å². The highest BCUT2D eigenvalue weighted by molar-refractivity contribution is 7.89. The average Bonchev–Trinajstić information content (AvgIpc) is 3.26. The van der Waals surface area contributed by atoms with Crippen LogP contribution in [0.15, 0.2) is 70.3 Å². The zero-order chi connectivity index (χ0) is 26.1. The summed E-state index contributed by atoms with van der Waals surface area (Å²) in [5, 5.41) is 9.98. The number of carbonyl (C=O) groups is 1. The van der Waals surface area contributed by atoms with Crippen molar-refractivity contribution in [1.29, 1.82) is 0 Å². The number of benzene rings is 2. The van der Waals surface area contributed by atoms with E-state index >= 15 is 0 Å². The number of carbonyl (C=O) groups excluding carboxylic acids is 1. The lowest BCUT2D eigenvalue weighted by Crippen LogP contribution is -2.44. The van der Waals surface area contributed by atoms with Crippen LogP contribution in [0.25, 0.3) is 22.1 Å². The van der Waals surface area contributed by atoms with Crippen LogP contribution in [0.3, 0.4) is 0 Å². The van der Waals surface area contributed by atoms with Gasteiger partial charge in [-0.15, -0.1) is 0 Å². The Morgan fingerprint density at radius 2 is 1.78 bits per heavy atom. The van der Waals surface area contributed by atoms with E-state index in [1.54, 1.807) is 0 Å². The zero-order valence-electron chi connectivity index (χ0n) is 18.5. The van der Waals surface area contributed by atoms with Crippen molar-refractivity contribution in [1.82, 2.24) is 20.2 Å². The van der Waals surface area contributed by atoms with Gasteiger partial charge >= 0.3 is 6.18 Å². The standard InChI is InChI=1S/C23H18F4N4O4S/c1-13(31-36(33,34)21-10-15-8-18(24)6-7-20(15)35-21)22(32)28-12-19-9-16(11-29-30-19)14-2-4-17(5-3-14)23(25,26)27/h2-11,13,31H,12H2,1H3,(H,28,32)/t13-/m0/s1. The summed E-state index contributed by atoms with van der Waals surface area (Å²) >= 11 is 0. The maximum absolute atomic E-state index is 13.4. The highest BCUT2D eigenvalue weighted by Crippen LogP contribution is 2.31. The lowest BCUT2D eigenvalue weighted by atomic mass is 10.1. The largest absolute Gasteiger partial charge is 0.443 e. The number of nitrogens with one attached hydrogen (secondary N) is 2. The summed E-state index contributed by atoms with van der Waals surface area (Å²) in [6.45, 7) is 1.20. The Morgan fingerprint density at radius 1 is 1.06 bits per heavy atom. The van der Waals surface area contributed by atoms with E-state index in [1.165, 1.54) is 37.4 Å². The second-order valence-electron chi connectivity index (χ2n) is 7.82. The second kappa shape index (κ2) is 9.66. The van der Waals surface area contributed by atoms with E-state index < -0.39 is 44.6 Å². The number of halogens is 4. The molecule has 0 aliphatic carbocycles. The van der Waals surface area contributed by atoms with E-state index in [9.17, 15) is 30.8 Å². The molecule has 1 atom stereocenters. The summed E-state index contributed by atoms with van der Waals surface area (Å²) in [4.78, 5) is 12.5. The van der Waals surface area contributed by atoms with E-state index in [0.717, 1.165) is 30.3 Å². The molecule has 0 fully saturated rings. The number of alkyl halides is 3. The summed E-state index contributed by atoms with van der Waals surface area (Å²) in [5.74, 6) is -1.24. The van der Waals surface area contributed by atoms with Gasteiger partial charge in [-0.05, 0) is 48.9 Å². The highest BCUT2D eigenvalue weighted by atomic mass is 32.2. The highest BCUT2D eigenvalue weighted by Gasteiger charge is 2.30. The summed E-state index contributed by atoms with van der Waals surface area (Å²) < 4.78 is 84.3. The first-order valence-electron chi connectivity index (χ1n) is 10.4. The Labute approximate surface area is 202 Å². The molecular weight excluding hydrogens is 504 g/mol. The Kier molecular flexibility index (Phi) is 6.78. The third-order valence-corrected chi connectivity index (χ3v) is 6.53. The molecule has 0 aliphatic rings. The number of sulfonamides is 1. The van der Waals surface area contributed by atoms with Crippen LogP contribution in [0.4, 0.5) is 17.6 Å². The first-order chi connectivity index (χ1) is 16.9. The normalized spacial score (nSPS) is 13.0. The third-order valence-electron chi connectivity index (χ3n) is 5.14. The molecule has 0 unspecified atom stereocenters. The number of fused-ring (bicyclic) bond motifs is 1. The number of furan rings is 1. The summed E-state index contributed by atoms with van der Waals surface area (Å²) in [6.07, 6.45) is -3.09. The molecule has 1 amide bonds. The van der Waals surface area contributed by atoms with E-state index in [4.69, 9.17) is 4.42 Å². The maximum atomic E-state index is 13.4. The van der Waals surface area contributed by atoms with E-state index in [-0.39, 0.29) is 17.5 Å². The fourth-order valence-electron chi connectivity index (χ4n) is 3.30. The molecule has 188 valence electrons. The Hall–Kier alpha value is -3.84. The Morgan fingerprint density at radius 3 is 2.47 bits per heavy atom. The Bertz CT molecular complexity index is 1520. The maximum Gasteiger partial charge on any atom is 0.416 e. The lowest BCUT2D eigenvalue weighted by molar-refractivity contribution is -0.137. The van der Waals surface area contributed by atoms with Crippen LogP contribution in [-0.4, -0.2) is 30.6 Å². The van der Waals surface area contributed by atoms with Crippen LogP contribution >= 0.6 is 0 Å². The van der Waals surface area contributed by atoms with Crippen LogP contribution in [0.2, 0.25) is 0 Å². The van der Waals surface area contributed by atoms with Crippen molar-refractivity contribution in [2.24, 2.45) is 0 Å². The molecule has 8 nitrogen and oxygen atoms in total. The van der Waals surface area contributed by atoms with Gasteiger partial charge in [0.05, 0.1) is 30.0 Å². The molecule has 2 aromatic carbocycles. The van der Waals surface area contributed by atoms with E-state index in [1.807, 2.05) is 0 Å². The predicted octanol–water partition coefficient (Wildman–Crippen LogP) is 4.03. The number of hydrogen-bond acceptors (Lipinski definition) is 6. The molecule has 0 bridgehead atoms. The molecule has 36 heavy (non-hydrogen) atoms. The number of rotatable bonds is 7. The van der Waals surface area contributed by atoms with Gasteiger partial charge in [0.25, 0.3) is 10.0 Å². The minimum atomic E-state index is -4.45. The van der Waals surface area contributed by atoms with Gasteiger partial charge in [0.2, 0.25) is 11.0 Å². The monoisotopic (exact) mass is 522 g/mol. The van der Waals surface area contributed by atoms with Gasteiger partial charge in [-0.25, -0.2) is 12.8 Å². The van der Waals surface area contributed by atoms with Crippen molar-refractivity contribution in [2.75, 3.05) is 0 Å². The van der Waals surface area contributed by atoms with Crippen LogP contribution in [0, 0.1) is 5.82 Å². The minimum absolute atomic E-state index is 0.115. The SMILES string of the molecule is C[C@H](NS(=O)(=O)c1cc2cc(F)ccc2o1)C(=O)NCc1cc(-c2ccc(C(F)(F)F)cc2)cnn1. The van der Waals surface area contributed by atoms with Crippen molar-refractivity contribution >= 4 is 26.9 Å². The summed E-state index contributed by atoms with van der Waals surface area (Å²) in [5.41, 5.74) is 0.637. The van der Waals surface area contributed by atoms with Crippen molar-refractivity contribution in [3.8, 4) is 11.1 Å². The fourth-order valence-corrected chi connectivity index (χ4v) is 4.47. The van der Waals surface area contributed by atoms with Gasteiger partial charge in [0.1, 0.15) is 11.4 Å². The third kappa shape index (κ3) is 5.69. The van der Waals surface area contributed by atoms with Gasteiger partial charge in [0.15, 0.2) is 0 Å². The number of amides is 1.